The van der Waals surface area contributed by atoms with Crippen molar-refractivity contribution >= 4 is 34.5 Å². The topological polar surface area (TPSA) is 49.4 Å². The molecule has 0 saturated heterocycles. The number of fused-ring (bicyclic) bond motifs is 2. The van der Waals surface area contributed by atoms with Crippen LogP contribution in [0.4, 0.5) is 15.8 Å². The number of anilines is 2. The summed E-state index contributed by atoms with van der Waals surface area (Å²) < 4.78 is 13.6. The van der Waals surface area contributed by atoms with Crippen molar-refractivity contribution in [3.8, 4) is 0 Å². The SMILES string of the molecule is Cc1ccc(F)cc1C(=O)Nc1ccc(C(=O)N2Cc3sccc3Cc3ccccc32)c(C)c1. The lowest BCUT2D eigenvalue weighted by atomic mass is 10.0. The van der Waals surface area contributed by atoms with Crippen molar-refractivity contribution in [3.63, 3.8) is 0 Å². The Hall–Kier alpha value is -3.77. The highest BCUT2D eigenvalue weighted by Crippen LogP contribution is 2.34. The molecule has 4 nitrogen and oxygen atoms in total. The molecule has 34 heavy (non-hydrogen) atoms. The van der Waals surface area contributed by atoms with Crippen LogP contribution in [0, 0.1) is 19.7 Å². The van der Waals surface area contributed by atoms with Gasteiger partial charge in [-0.15, -0.1) is 11.3 Å². The summed E-state index contributed by atoms with van der Waals surface area (Å²) in [6.07, 6.45) is 0.808. The second-order valence-electron chi connectivity index (χ2n) is 8.51. The number of hydrogen-bond donors (Lipinski definition) is 1. The molecular formula is C28H23FN2O2S. The molecule has 0 unspecified atom stereocenters. The van der Waals surface area contributed by atoms with E-state index in [0.717, 1.165) is 23.2 Å². The molecule has 1 aromatic heterocycles. The van der Waals surface area contributed by atoms with Gasteiger partial charge < -0.3 is 10.2 Å². The van der Waals surface area contributed by atoms with Crippen LogP contribution in [0.3, 0.4) is 0 Å². The Morgan fingerprint density at radius 1 is 0.912 bits per heavy atom. The zero-order valence-electron chi connectivity index (χ0n) is 18.9. The van der Waals surface area contributed by atoms with Crippen LogP contribution in [-0.4, -0.2) is 11.8 Å². The number of benzene rings is 3. The Morgan fingerprint density at radius 2 is 1.74 bits per heavy atom. The number of nitrogens with one attached hydrogen (secondary N) is 1. The van der Waals surface area contributed by atoms with Crippen LogP contribution in [0.2, 0.25) is 0 Å². The normalized spacial score (nSPS) is 12.5. The van der Waals surface area contributed by atoms with Gasteiger partial charge in [0.15, 0.2) is 0 Å². The van der Waals surface area contributed by atoms with E-state index in [-0.39, 0.29) is 17.4 Å². The van der Waals surface area contributed by atoms with Crippen molar-refractivity contribution in [2.45, 2.75) is 26.8 Å². The highest BCUT2D eigenvalue weighted by atomic mass is 32.1. The summed E-state index contributed by atoms with van der Waals surface area (Å²) in [6, 6.07) is 19.5. The molecule has 0 saturated carbocycles. The highest BCUT2D eigenvalue weighted by Gasteiger charge is 2.26. The quantitative estimate of drug-likeness (QED) is 0.371. The first-order chi connectivity index (χ1) is 16.4. The van der Waals surface area contributed by atoms with Crippen molar-refractivity contribution in [2.24, 2.45) is 0 Å². The Morgan fingerprint density at radius 3 is 2.56 bits per heavy atom. The predicted molar refractivity (Wildman–Crippen MR) is 134 cm³/mol. The molecule has 0 aliphatic carbocycles. The number of thiophene rings is 1. The first kappa shape index (κ1) is 22.0. The molecule has 5 rings (SSSR count). The molecule has 0 spiro atoms. The van der Waals surface area contributed by atoms with Crippen LogP contribution in [0.25, 0.3) is 0 Å². The van der Waals surface area contributed by atoms with Gasteiger partial charge in [0.2, 0.25) is 0 Å². The minimum atomic E-state index is -0.459. The van der Waals surface area contributed by atoms with E-state index in [9.17, 15) is 14.0 Å². The third-order valence-corrected chi connectivity index (χ3v) is 7.15. The largest absolute Gasteiger partial charge is 0.322 e. The zero-order chi connectivity index (χ0) is 23.8. The van der Waals surface area contributed by atoms with Gasteiger partial charge in [-0.2, -0.15) is 0 Å². The Bertz CT molecular complexity index is 1430. The number of carbonyl (C=O) groups is 2. The number of para-hydroxylation sites is 1. The standard InChI is InChI=1S/C28H23FN2O2S/c1-17-7-8-21(29)15-24(17)27(32)30-22-9-10-23(18(2)13-22)28(33)31-16-26-20(11-12-34-26)14-19-5-3-4-6-25(19)31/h3-13,15H,14,16H2,1-2H3,(H,30,32). The molecule has 3 aromatic carbocycles. The van der Waals surface area contributed by atoms with Crippen LogP contribution in [-0.2, 0) is 13.0 Å². The van der Waals surface area contributed by atoms with Crippen molar-refractivity contribution < 1.29 is 14.0 Å². The maximum absolute atomic E-state index is 13.7. The van der Waals surface area contributed by atoms with Crippen molar-refractivity contribution in [1.29, 1.82) is 0 Å². The molecule has 1 aliphatic heterocycles. The lowest BCUT2D eigenvalue weighted by Gasteiger charge is -2.24. The molecule has 0 fully saturated rings. The fourth-order valence-electron chi connectivity index (χ4n) is 4.37. The number of carbonyl (C=O) groups excluding carboxylic acids is 2. The number of hydrogen-bond acceptors (Lipinski definition) is 3. The van der Waals surface area contributed by atoms with Crippen molar-refractivity contribution in [3.05, 3.63) is 116 Å². The summed E-state index contributed by atoms with van der Waals surface area (Å²) in [5, 5.41) is 4.89. The molecule has 4 aromatic rings. The maximum Gasteiger partial charge on any atom is 0.258 e. The fourth-order valence-corrected chi connectivity index (χ4v) is 5.26. The van der Waals surface area contributed by atoms with E-state index in [1.165, 1.54) is 22.6 Å². The molecular weight excluding hydrogens is 447 g/mol. The molecule has 170 valence electrons. The second kappa shape index (κ2) is 8.88. The van der Waals surface area contributed by atoms with Gasteiger partial charge in [-0.3, -0.25) is 9.59 Å². The molecule has 6 heteroatoms. The van der Waals surface area contributed by atoms with E-state index in [0.29, 0.717) is 23.4 Å². The smallest absolute Gasteiger partial charge is 0.258 e. The summed E-state index contributed by atoms with van der Waals surface area (Å²) in [5.74, 6) is -0.924. The molecule has 1 N–H and O–H groups in total. The molecule has 0 radical (unpaired) electrons. The molecule has 2 amide bonds. The first-order valence-electron chi connectivity index (χ1n) is 11.0. The van der Waals surface area contributed by atoms with E-state index in [4.69, 9.17) is 0 Å². The molecule has 0 atom stereocenters. The van der Waals surface area contributed by atoms with E-state index in [1.54, 1.807) is 42.5 Å². The number of aryl methyl sites for hydroxylation is 2. The van der Waals surface area contributed by atoms with E-state index in [1.807, 2.05) is 30.0 Å². The number of amides is 2. The molecule has 0 bridgehead atoms. The van der Waals surface area contributed by atoms with Crippen LogP contribution < -0.4 is 10.2 Å². The summed E-state index contributed by atoms with van der Waals surface area (Å²) in [4.78, 5) is 29.4. The van der Waals surface area contributed by atoms with Crippen LogP contribution in [0.1, 0.15) is 47.8 Å². The van der Waals surface area contributed by atoms with E-state index < -0.39 is 5.82 Å². The van der Waals surface area contributed by atoms with Gasteiger partial charge in [0.1, 0.15) is 5.82 Å². The zero-order valence-corrected chi connectivity index (χ0v) is 19.7. The predicted octanol–water partition coefficient (Wildman–Crippen LogP) is 6.51. The second-order valence-corrected chi connectivity index (χ2v) is 9.51. The lowest BCUT2D eigenvalue weighted by Crippen LogP contribution is -2.30. The molecule has 1 aliphatic rings. The third kappa shape index (κ3) is 4.13. The van der Waals surface area contributed by atoms with E-state index in [2.05, 4.69) is 22.8 Å². The van der Waals surface area contributed by atoms with Gasteiger partial charge in [0.25, 0.3) is 11.8 Å². The minimum Gasteiger partial charge on any atom is -0.322 e. The summed E-state index contributed by atoms with van der Waals surface area (Å²) in [6.45, 7) is 4.15. The first-order valence-corrected chi connectivity index (χ1v) is 11.9. The van der Waals surface area contributed by atoms with Crippen LogP contribution in [0.15, 0.2) is 72.1 Å². The van der Waals surface area contributed by atoms with Crippen molar-refractivity contribution in [1.82, 2.24) is 0 Å². The van der Waals surface area contributed by atoms with Crippen LogP contribution >= 0.6 is 11.3 Å². The van der Waals surface area contributed by atoms with Gasteiger partial charge in [-0.1, -0.05) is 24.3 Å². The number of rotatable bonds is 3. The molecule has 2 heterocycles. The Kier molecular flexibility index (Phi) is 5.75. The van der Waals surface area contributed by atoms with Gasteiger partial charge in [-0.25, -0.2) is 4.39 Å². The Labute approximate surface area is 201 Å². The summed E-state index contributed by atoms with van der Waals surface area (Å²) >= 11 is 1.67. The summed E-state index contributed by atoms with van der Waals surface area (Å²) in [7, 11) is 0. The average Bonchev–Trinajstić information content (AvgIpc) is 3.19. The maximum atomic E-state index is 13.7. The van der Waals surface area contributed by atoms with Crippen molar-refractivity contribution in [2.75, 3.05) is 10.2 Å². The summed E-state index contributed by atoms with van der Waals surface area (Å²) in [5.41, 5.74) is 6.17. The number of halogens is 1. The van der Waals surface area contributed by atoms with Crippen LogP contribution in [0.5, 0.6) is 0 Å². The minimum absolute atomic E-state index is 0.0787. The van der Waals surface area contributed by atoms with Gasteiger partial charge in [0, 0.05) is 33.8 Å². The highest BCUT2D eigenvalue weighted by molar-refractivity contribution is 7.10. The van der Waals surface area contributed by atoms with Gasteiger partial charge in [-0.05, 0) is 83.9 Å². The van der Waals surface area contributed by atoms with Gasteiger partial charge in [0.05, 0.1) is 6.54 Å². The lowest BCUT2D eigenvalue weighted by molar-refractivity contribution is 0.0983. The van der Waals surface area contributed by atoms with E-state index >= 15 is 0 Å². The average molecular weight is 471 g/mol. The Balaban J connectivity index is 1.43. The van der Waals surface area contributed by atoms with Gasteiger partial charge >= 0.3 is 0 Å². The third-order valence-electron chi connectivity index (χ3n) is 6.21. The monoisotopic (exact) mass is 470 g/mol. The fraction of sp³-hybridized carbons (Fsp3) is 0.143. The number of nitrogens with zero attached hydrogens (tertiary/aromatic N) is 1.